The third-order valence-corrected chi connectivity index (χ3v) is 3.19. The van der Waals surface area contributed by atoms with E-state index in [1.807, 2.05) is 37.3 Å². The zero-order valence-electron chi connectivity index (χ0n) is 10.9. The molecule has 1 aliphatic heterocycles. The molecular weight excluding hydrogens is 244 g/mol. The number of carbonyl (C=O) groups excluding carboxylic acids is 2. The van der Waals surface area contributed by atoms with Crippen molar-refractivity contribution in [2.45, 2.75) is 38.5 Å². The Morgan fingerprint density at radius 2 is 2.16 bits per heavy atom. The van der Waals surface area contributed by atoms with Gasteiger partial charge in [-0.15, -0.1) is 0 Å². The van der Waals surface area contributed by atoms with Crippen molar-refractivity contribution in [1.82, 2.24) is 10.6 Å². The summed E-state index contributed by atoms with van der Waals surface area (Å²) in [5, 5.41) is 5.56. The molecular formula is C14H18N2O3. The highest BCUT2D eigenvalue weighted by Gasteiger charge is 2.32. The van der Waals surface area contributed by atoms with E-state index in [0.29, 0.717) is 6.42 Å². The average molecular weight is 262 g/mol. The zero-order chi connectivity index (χ0) is 13.7. The molecule has 19 heavy (non-hydrogen) atoms. The van der Waals surface area contributed by atoms with Crippen LogP contribution in [0.15, 0.2) is 30.3 Å². The minimum absolute atomic E-state index is 0.00299. The van der Waals surface area contributed by atoms with Gasteiger partial charge in [0.05, 0.1) is 6.04 Å². The lowest BCUT2D eigenvalue weighted by Gasteiger charge is -2.18. The molecule has 2 unspecified atom stereocenters. The summed E-state index contributed by atoms with van der Waals surface area (Å²) in [5.41, 5.74) is 0.935. The zero-order valence-corrected chi connectivity index (χ0v) is 10.9. The van der Waals surface area contributed by atoms with Crippen molar-refractivity contribution in [1.29, 1.82) is 0 Å². The number of carbonyl (C=O) groups is 2. The number of benzene rings is 1. The van der Waals surface area contributed by atoms with E-state index in [4.69, 9.17) is 4.74 Å². The van der Waals surface area contributed by atoms with E-state index in [0.717, 1.165) is 12.0 Å². The molecule has 5 heteroatoms. The Hall–Kier alpha value is -2.04. The van der Waals surface area contributed by atoms with E-state index >= 15 is 0 Å². The van der Waals surface area contributed by atoms with Crippen molar-refractivity contribution in [3.63, 3.8) is 0 Å². The molecule has 2 N–H and O–H groups in total. The van der Waals surface area contributed by atoms with Crippen molar-refractivity contribution < 1.29 is 14.3 Å². The molecule has 0 aliphatic carbocycles. The van der Waals surface area contributed by atoms with Crippen LogP contribution in [0.5, 0.6) is 0 Å². The molecule has 0 saturated carbocycles. The summed E-state index contributed by atoms with van der Waals surface area (Å²) in [7, 11) is 0. The van der Waals surface area contributed by atoms with Crippen LogP contribution in [0.4, 0.5) is 4.79 Å². The minimum Gasteiger partial charge on any atom is -0.445 e. The lowest BCUT2D eigenvalue weighted by molar-refractivity contribution is -0.119. The number of alkyl carbamates (subject to hydrolysis) is 1. The number of rotatable bonds is 4. The van der Waals surface area contributed by atoms with E-state index in [1.165, 1.54) is 0 Å². The second kappa shape index (κ2) is 6.22. The molecule has 0 bridgehead atoms. The maximum atomic E-state index is 11.7. The van der Waals surface area contributed by atoms with Gasteiger partial charge in [0.1, 0.15) is 6.61 Å². The van der Waals surface area contributed by atoms with Gasteiger partial charge in [-0.2, -0.15) is 0 Å². The molecule has 1 aliphatic rings. The number of hydrogen-bond donors (Lipinski definition) is 2. The largest absolute Gasteiger partial charge is 0.445 e. The summed E-state index contributed by atoms with van der Waals surface area (Å²) in [5.74, 6) is -0.0276. The van der Waals surface area contributed by atoms with Crippen molar-refractivity contribution in [2.24, 2.45) is 0 Å². The molecule has 5 nitrogen and oxygen atoms in total. The molecule has 2 atom stereocenters. The summed E-state index contributed by atoms with van der Waals surface area (Å²) in [6.07, 6.45) is 0.623. The van der Waals surface area contributed by atoms with E-state index in [1.54, 1.807) is 0 Å². The molecule has 1 aromatic carbocycles. The van der Waals surface area contributed by atoms with Crippen molar-refractivity contribution in [2.75, 3.05) is 0 Å². The van der Waals surface area contributed by atoms with E-state index in [9.17, 15) is 9.59 Å². The summed E-state index contributed by atoms with van der Waals surface area (Å²) >= 11 is 0. The molecule has 1 heterocycles. The van der Waals surface area contributed by atoms with Crippen LogP contribution in [0.25, 0.3) is 0 Å². The Labute approximate surface area is 112 Å². The second-order valence-electron chi connectivity index (χ2n) is 4.60. The lowest BCUT2D eigenvalue weighted by Crippen LogP contribution is -2.43. The fraction of sp³-hybridized carbons (Fsp3) is 0.429. The Balaban J connectivity index is 1.80. The molecule has 0 radical (unpaired) electrons. The topological polar surface area (TPSA) is 67.4 Å². The molecule has 102 valence electrons. The van der Waals surface area contributed by atoms with Gasteiger partial charge < -0.3 is 15.4 Å². The van der Waals surface area contributed by atoms with Gasteiger partial charge >= 0.3 is 6.09 Å². The summed E-state index contributed by atoms with van der Waals surface area (Å²) in [4.78, 5) is 22.9. The summed E-state index contributed by atoms with van der Waals surface area (Å²) in [6, 6.07) is 9.29. The standard InChI is InChI=1S/C14H18N2O3/c1-2-11-12(8-13(17)15-11)16-14(18)19-9-10-6-4-3-5-7-10/h3-7,11-12H,2,8-9H2,1H3,(H,15,17)(H,16,18). The maximum absolute atomic E-state index is 11.7. The lowest BCUT2D eigenvalue weighted by atomic mass is 10.1. The third-order valence-electron chi connectivity index (χ3n) is 3.19. The van der Waals surface area contributed by atoms with Crippen molar-refractivity contribution >= 4 is 12.0 Å². The molecule has 1 saturated heterocycles. The monoisotopic (exact) mass is 262 g/mol. The van der Waals surface area contributed by atoms with Gasteiger partial charge in [-0.1, -0.05) is 37.3 Å². The summed E-state index contributed by atoms with van der Waals surface area (Å²) < 4.78 is 5.13. The predicted octanol–water partition coefficient (Wildman–Crippen LogP) is 1.58. The number of nitrogens with one attached hydrogen (secondary N) is 2. The van der Waals surface area contributed by atoms with E-state index < -0.39 is 6.09 Å². The van der Waals surface area contributed by atoms with Crippen LogP contribution in [0.2, 0.25) is 0 Å². The van der Waals surface area contributed by atoms with Crippen LogP contribution in [0, 0.1) is 0 Å². The average Bonchev–Trinajstić information content (AvgIpc) is 2.77. The molecule has 0 aromatic heterocycles. The Morgan fingerprint density at radius 3 is 2.84 bits per heavy atom. The van der Waals surface area contributed by atoms with Crippen LogP contribution in [-0.2, 0) is 16.1 Å². The fourth-order valence-electron chi connectivity index (χ4n) is 2.16. The minimum atomic E-state index is -0.483. The first-order valence-electron chi connectivity index (χ1n) is 6.45. The first kappa shape index (κ1) is 13.4. The van der Waals surface area contributed by atoms with Gasteiger partial charge in [0.25, 0.3) is 0 Å². The van der Waals surface area contributed by atoms with Crippen molar-refractivity contribution in [3.8, 4) is 0 Å². The molecule has 2 rings (SSSR count). The Kier molecular flexibility index (Phi) is 4.39. The molecule has 1 fully saturated rings. The first-order chi connectivity index (χ1) is 9.19. The molecule has 1 aromatic rings. The van der Waals surface area contributed by atoms with Gasteiger partial charge in [0, 0.05) is 12.5 Å². The summed E-state index contributed by atoms with van der Waals surface area (Å²) in [6.45, 7) is 2.21. The third kappa shape index (κ3) is 3.71. The van der Waals surface area contributed by atoms with Crippen LogP contribution in [-0.4, -0.2) is 24.1 Å². The molecule has 2 amide bonds. The predicted molar refractivity (Wildman–Crippen MR) is 70.4 cm³/mol. The second-order valence-corrected chi connectivity index (χ2v) is 4.60. The van der Waals surface area contributed by atoms with E-state index in [2.05, 4.69) is 10.6 Å². The van der Waals surface area contributed by atoms with Crippen LogP contribution < -0.4 is 10.6 Å². The SMILES string of the molecule is CCC1NC(=O)CC1NC(=O)OCc1ccccc1. The van der Waals surface area contributed by atoms with E-state index in [-0.39, 0.29) is 24.6 Å². The van der Waals surface area contributed by atoms with Gasteiger partial charge in [0.2, 0.25) is 5.91 Å². The highest BCUT2D eigenvalue weighted by Crippen LogP contribution is 2.11. The Bertz CT molecular complexity index is 447. The highest BCUT2D eigenvalue weighted by molar-refractivity contribution is 5.81. The van der Waals surface area contributed by atoms with Gasteiger partial charge in [-0.05, 0) is 12.0 Å². The highest BCUT2D eigenvalue weighted by atomic mass is 16.5. The van der Waals surface area contributed by atoms with Gasteiger partial charge in [-0.3, -0.25) is 4.79 Å². The number of hydrogen-bond acceptors (Lipinski definition) is 3. The number of amides is 2. The van der Waals surface area contributed by atoms with Crippen molar-refractivity contribution in [3.05, 3.63) is 35.9 Å². The van der Waals surface area contributed by atoms with Crippen LogP contribution in [0.1, 0.15) is 25.3 Å². The fourth-order valence-corrected chi connectivity index (χ4v) is 2.16. The van der Waals surface area contributed by atoms with Gasteiger partial charge in [-0.25, -0.2) is 4.79 Å². The molecule has 0 spiro atoms. The quantitative estimate of drug-likeness (QED) is 0.865. The smallest absolute Gasteiger partial charge is 0.407 e. The maximum Gasteiger partial charge on any atom is 0.407 e. The Morgan fingerprint density at radius 1 is 1.42 bits per heavy atom. The van der Waals surface area contributed by atoms with Gasteiger partial charge in [0.15, 0.2) is 0 Å². The first-order valence-corrected chi connectivity index (χ1v) is 6.45. The van der Waals surface area contributed by atoms with Crippen LogP contribution in [0.3, 0.4) is 0 Å². The normalized spacial score (nSPS) is 21.8. The van der Waals surface area contributed by atoms with Crippen LogP contribution >= 0.6 is 0 Å². The number of ether oxygens (including phenoxy) is 1.